The van der Waals surface area contributed by atoms with E-state index in [2.05, 4.69) is 20.7 Å². The Morgan fingerprint density at radius 3 is 2.58 bits per heavy atom. The Balaban J connectivity index is 1.43. The van der Waals surface area contributed by atoms with Gasteiger partial charge >= 0.3 is 0 Å². The second-order valence-electron chi connectivity index (χ2n) is 7.84. The number of carbonyl (C=O) groups is 2. The Morgan fingerprint density at radius 2 is 1.85 bits per heavy atom. The molecule has 3 heterocycles. The van der Waals surface area contributed by atoms with E-state index in [4.69, 9.17) is 4.42 Å². The van der Waals surface area contributed by atoms with Crippen LogP contribution in [0.1, 0.15) is 57.5 Å². The lowest BCUT2D eigenvalue weighted by Gasteiger charge is -2.12. The number of aromatic nitrogens is 3. The minimum absolute atomic E-state index is 0.0661. The summed E-state index contributed by atoms with van der Waals surface area (Å²) in [5.74, 6) is 0.968. The van der Waals surface area contributed by atoms with Crippen molar-refractivity contribution in [3.05, 3.63) is 101 Å². The van der Waals surface area contributed by atoms with Crippen LogP contribution in [-0.2, 0) is 13.1 Å². The second kappa shape index (κ2) is 9.95. The normalized spacial score (nSPS) is 10.9. The number of hydrogen-bond donors (Lipinski definition) is 2. The highest BCUT2D eigenvalue weighted by Gasteiger charge is 2.21. The zero-order valence-corrected chi connectivity index (χ0v) is 18.5. The number of furan rings is 1. The standard InChI is InChI=1S/C25H25N5O3/c1-17(2)23-21(16-29-30(23)22-10-3-4-11-26-22)25(32)27-14-18-7-5-8-19(13-18)24(31)28-15-20-9-6-12-33-20/h3-13,16-17H,14-15H2,1-2H3,(H,27,32)(H,28,31). The van der Waals surface area contributed by atoms with Crippen LogP contribution in [0.25, 0.3) is 5.82 Å². The predicted octanol–water partition coefficient (Wildman–Crippen LogP) is 3.84. The van der Waals surface area contributed by atoms with Gasteiger partial charge in [0.1, 0.15) is 5.76 Å². The maximum Gasteiger partial charge on any atom is 0.255 e. The van der Waals surface area contributed by atoms with Crippen molar-refractivity contribution < 1.29 is 14.0 Å². The molecule has 8 nitrogen and oxygen atoms in total. The number of benzene rings is 1. The lowest BCUT2D eigenvalue weighted by molar-refractivity contribution is 0.0943. The minimum atomic E-state index is -0.228. The molecule has 0 spiro atoms. The fourth-order valence-electron chi connectivity index (χ4n) is 3.53. The van der Waals surface area contributed by atoms with E-state index in [0.717, 1.165) is 11.3 Å². The van der Waals surface area contributed by atoms with Crippen LogP contribution in [0.5, 0.6) is 0 Å². The first kappa shape index (κ1) is 22.0. The quantitative estimate of drug-likeness (QED) is 0.431. The third-order valence-corrected chi connectivity index (χ3v) is 5.11. The molecule has 2 amide bonds. The predicted molar refractivity (Wildman–Crippen MR) is 123 cm³/mol. The Kier molecular flexibility index (Phi) is 6.64. The zero-order valence-electron chi connectivity index (χ0n) is 18.5. The van der Waals surface area contributed by atoms with E-state index in [-0.39, 0.29) is 24.3 Å². The number of pyridine rings is 1. The molecular formula is C25H25N5O3. The smallest absolute Gasteiger partial charge is 0.255 e. The number of carbonyl (C=O) groups excluding carboxylic acids is 2. The molecule has 0 saturated heterocycles. The van der Waals surface area contributed by atoms with E-state index >= 15 is 0 Å². The molecular weight excluding hydrogens is 418 g/mol. The van der Waals surface area contributed by atoms with Crippen molar-refractivity contribution in [3.8, 4) is 5.82 Å². The van der Waals surface area contributed by atoms with Gasteiger partial charge in [0.2, 0.25) is 0 Å². The topological polar surface area (TPSA) is 102 Å². The summed E-state index contributed by atoms with van der Waals surface area (Å²) in [7, 11) is 0. The highest BCUT2D eigenvalue weighted by molar-refractivity contribution is 5.96. The molecule has 0 aliphatic rings. The van der Waals surface area contributed by atoms with Gasteiger partial charge < -0.3 is 15.1 Å². The summed E-state index contributed by atoms with van der Waals surface area (Å²) < 4.78 is 6.93. The zero-order chi connectivity index (χ0) is 23.2. The summed E-state index contributed by atoms with van der Waals surface area (Å²) in [4.78, 5) is 29.8. The second-order valence-corrected chi connectivity index (χ2v) is 7.84. The van der Waals surface area contributed by atoms with Crippen molar-refractivity contribution in [3.63, 3.8) is 0 Å². The number of nitrogens with zero attached hydrogens (tertiary/aromatic N) is 3. The molecule has 168 valence electrons. The highest BCUT2D eigenvalue weighted by atomic mass is 16.3. The summed E-state index contributed by atoms with van der Waals surface area (Å²) in [5, 5.41) is 10.2. The van der Waals surface area contributed by atoms with E-state index in [1.165, 1.54) is 0 Å². The highest BCUT2D eigenvalue weighted by Crippen LogP contribution is 2.22. The van der Waals surface area contributed by atoms with Crippen molar-refractivity contribution in [1.82, 2.24) is 25.4 Å². The fraction of sp³-hybridized carbons (Fsp3) is 0.200. The molecule has 1 aromatic carbocycles. The Hall–Kier alpha value is -4.20. The van der Waals surface area contributed by atoms with E-state index in [0.29, 0.717) is 29.2 Å². The van der Waals surface area contributed by atoms with Crippen LogP contribution in [0.4, 0.5) is 0 Å². The van der Waals surface area contributed by atoms with E-state index < -0.39 is 0 Å². The van der Waals surface area contributed by atoms with Crippen molar-refractivity contribution >= 4 is 11.8 Å². The first-order chi connectivity index (χ1) is 16.0. The van der Waals surface area contributed by atoms with Gasteiger partial charge in [-0.05, 0) is 47.9 Å². The van der Waals surface area contributed by atoms with Crippen LogP contribution >= 0.6 is 0 Å². The lowest BCUT2D eigenvalue weighted by atomic mass is 10.0. The summed E-state index contributed by atoms with van der Waals surface area (Å²) >= 11 is 0. The van der Waals surface area contributed by atoms with Gasteiger partial charge in [-0.25, -0.2) is 9.67 Å². The Bertz CT molecular complexity index is 1230. The molecule has 2 N–H and O–H groups in total. The van der Waals surface area contributed by atoms with Gasteiger partial charge in [-0.3, -0.25) is 9.59 Å². The van der Waals surface area contributed by atoms with Gasteiger partial charge in [-0.2, -0.15) is 5.10 Å². The maximum atomic E-state index is 13.0. The van der Waals surface area contributed by atoms with E-state index in [9.17, 15) is 9.59 Å². The molecule has 0 fully saturated rings. The molecule has 0 unspecified atom stereocenters. The van der Waals surface area contributed by atoms with Gasteiger partial charge in [0.05, 0.1) is 30.3 Å². The van der Waals surface area contributed by atoms with Gasteiger partial charge in [0, 0.05) is 18.3 Å². The van der Waals surface area contributed by atoms with Crippen LogP contribution < -0.4 is 10.6 Å². The molecule has 4 rings (SSSR count). The summed E-state index contributed by atoms with van der Waals surface area (Å²) in [6.07, 6.45) is 4.83. The average Bonchev–Trinajstić information content (AvgIpc) is 3.52. The Labute approximate surface area is 191 Å². The molecule has 3 aromatic heterocycles. The molecule has 33 heavy (non-hydrogen) atoms. The van der Waals surface area contributed by atoms with Crippen molar-refractivity contribution in [2.75, 3.05) is 0 Å². The van der Waals surface area contributed by atoms with Gasteiger partial charge in [0.25, 0.3) is 11.8 Å². The van der Waals surface area contributed by atoms with E-state index in [1.54, 1.807) is 53.7 Å². The molecule has 0 atom stereocenters. The average molecular weight is 444 g/mol. The monoisotopic (exact) mass is 443 g/mol. The molecule has 0 radical (unpaired) electrons. The van der Waals surface area contributed by atoms with Crippen LogP contribution in [0.2, 0.25) is 0 Å². The van der Waals surface area contributed by atoms with Gasteiger partial charge in [-0.1, -0.05) is 32.0 Å². The number of rotatable bonds is 8. The largest absolute Gasteiger partial charge is 0.467 e. The lowest BCUT2D eigenvalue weighted by Crippen LogP contribution is -2.25. The molecule has 8 heteroatoms. The first-order valence-electron chi connectivity index (χ1n) is 10.7. The third kappa shape index (κ3) is 5.17. The molecule has 0 saturated carbocycles. The fourth-order valence-corrected chi connectivity index (χ4v) is 3.53. The first-order valence-corrected chi connectivity index (χ1v) is 10.7. The summed E-state index contributed by atoms with van der Waals surface area (Å²) in [5.41, 5.74) is 2.62. The number of hydrogen-bond acceptors (Lipinski definition) is 5. The maximum absolute atomic E-state index is 13.0. The SMILES string of the molecule is CC(C)c1c(C(=O)NCc2cccc(C(=O)NCc3ccco3)c2)cnn1-c1ccccn1. The third-order valence-electron chi connectivity index (χ3n) is 5.11. The summed E-state index contributed by atoms with van der Waals surface area (Å²) in [6.45, 7) is 4.62. The molecule has 4 aromatic rings. The minimum Gasteiger partial charge on any atom is -0.467 e. The number of nitrogens with one attached hydrogen (secondary N) is 2. The number of amides is 2. The van der Waals surface area contributed by atoms with Crippen molar-refractivity contribution in [2.24, 2.45) is 0 Å². The summed E-state index contributed by atoms with van der Waals surface area (Å²) in [6, 6.07) is 16.3. The van der Waals surface area contributed by atoms with E-state index in [1.807, 2.05) is 38.1 Å². The van der Waals surface area contributed by atoms with Gasteiger partial charge in [-0.15, -0.1) is 0 Å². The van der Waals surface area contributed by atoms with Crippen molar-refractivity contribution in [2.45, 2.75) is 32.9 Å². The molecule has 0 aliphatic heterocycles. The van der Waals surface area contributed by atoms with Crippen molar-refractivity contribution in [1.29, 1.82) is 0 Å². The van der Waals surface area contributed by atoms with Crippen LogP contribution in [0, 0.1) is 0 Å². The van der Waals surface area contributed by atoms with Gasteiger partial charge in [0.15, 0.2) is 5.82 Å². The van der Waals surface area contributed by atoms with Crippen LogP contribution in [0.3, 0.4) is 0 Å². The molecule has 0 bridgehead atoms. The Morgan fingerprint density at radius 1 is 1.00 bits per heavy atom. The molecule has 0 aliphatic carbocycles. The van der Waals surface area contributed by atoms with Crippen LogP contribution in [-0.4, -0.2) is 26.6 Å². The van der Waals surface area contributed by atoms with Crippen LogP contribution in [0.15, 0.2) is 77.7 Å².